The van der Waals surface area contributed by atoms with E-state index >= 15 is 0 Å². The molecule has 0 spiro atoms. The van der Waals surface area contributed by atoms with Crippen LogP contribution < -0.4 is 5.73 Å². The van der Waals surface area contributed by atoms with Crippen LogP contribution >= 0.6 is 0 Å². The Morgan fingerprint density at radius 2 is 1.52 bits per heavy atom. The summed E-state index contributed by atoms with van der Waals surface area (Å²) in [6, 6.07) is 19.0. The minimum Gasteiger partial charge on any atom is -0.369 e. The van der Waals surface area contributed by atoms with Gasteiger partial charge in [0.15, 0.2) is 11.5 Å². The van der Waals surface area contributed by atoms with Gasteiger partial charge in [-0.2, -0.15) is 0 Å². The summed E-state index contributed by atoms with van der Waals surface area (Å²) >= 11 is 0. The van der Waals surface area contributed by atoms with Gasteiger partial charge in [-0.25, -0.2) is 17.7 Å². The second-order valence-corrected chi connectivity index (χ2v) is 10.3. The highest BCUT2D eigenvalue weighted by Gasteiger charge is 2.50. The fourth-order valence-electron chi connectivity index (χ4n) is 4.47. The maximum atomic E-state index is 13.8. The number of benzene rings is 2. The van der Waals surface area contributed by atoms with E-state index in [1.807, 2.05) is 60.7 Å². The highest BCUT2D eigenvalue weighted by molar-refractivity contribution is 7.89. The van der Waals surface area contributed by atoms with E-state index in [4.69, 9.17) is 10.7 Å². The Morgan fingerprint density at radius 3 is 2.00 bits per heavy atom. The van der Waals surface area contributed by atoms with Crippen LogP contribution in [0.25, 0.3) is 0 Å². The molecule has 7 nitrogen and oxygen atoms in total. The summed E-state index contributed by atoms with van der Waals surface area (Å²) in [4.78, 5) is 20.1. The number of carbonyl (C=O) groups is 1. The van der Waals surface area contributed by atoms with Gasteiger partial charge in [0.1, 0.15) is 0 Å². The number of rotatable bonds is 6. The quantitative estimate of drug-likeness (QED) is 0.744. The number of piperidine rings is 1. The molecule has 0 bridgehead atoms. The number of guanidine groups is 1. The fraction of sp³-hybridized carbons (Fsp3) is 0.391. The summed E-state index contributed by atoms with van der Waals surface area (Å²) in [5.41, 5.74) is 6.66. The predicted molar refractivity (Wildman–Crippen MR) is 121 cm³/mol. The normalized spacial score (nSPS) is 20.1. The van der Waals surface area contributed by atoms with Gasteiger partial charge in [-0.15, -0.1) is 0 Å². The van der Waals surface area contributed by atoms with Crippen molar-refractivity contribution in [2.45, 2.75) is 25.3 Å². The van der Waals surface area contributed by atoms with Gasteiger partial charge in [0, 0.05) is 19.6 Å². The Balaban J connectivity index is 1.59. The van der Waals surface area contributed by atoms with Crippen molar-refractivity contribution in [3.05, 3.63) is 71.8 Å². The molecule has 0 unspecified atom stereocenters. The van der Waals surface area contributed by atoms with Crippen molar-refractivity contribution < 1.29 is 13.2 Å². The largest absolute Gasteiger partial charge is 0.369 e. The zero-order valence-electron chi connectivity index (χ0n) is 17.6. The lowest BCUT2D eigenvalue weighted by Gasteiger charge is -2.33. The highest BCUT2D eigenvalue weighted by atomic mass is 32.2. The summed E-state index contributed by atoms with van der Waals surface area (Å²) in [5.74, 6) is 0.328. The molecule has 2 aliphatic heterocycles. The average Bonchev–Trinajstić information content (AvgIpc) is 3.06. The van der Waals surface area contributed by atoms with Crippen LogP contribution in [0.15, 0.2) is 65.7 Å². The number of aliphatic imine (C=N–C) groups is 1. The van der Waals surface area contributed by atoms with E-state index in [-0.39, 0.29) is 23.5 Å². The van der Waals surface area contributed by atoms with E-state index in [0.29, 0.717) is 32.5 Å². The Hall–Kier alpha value is -2.71. The molecule has 4 rings (SSSR count). The summed E-state index contributed by atoms with van der Waals surface area (Å²) in [6.07, 6.45) is 1.39. The summed E-state index contributed by atoms with van der Waals surface area (Å²) in [7, 11) is -3.18. The Bertz CT molecular complexity index is 1020. The lowest BCUT2D eigenvalue weighted by atomic mass is 9.82. The van der Waals surface area contributed by atoms with E-state index in [2.05, 4.69) is 0 Å². The number of carbonyl (C=O) groups excluding carboxylic acids is 1. The molecule has 2 aromatic carbocycles. The first-order valence-electron chi connectivity index (χ1n) is 10.6. The molecule has 0 aromatic heterocycles. The van der Waals surface area contributed by atoms with Crippen molar-refractivity contribution in [2.75, 3.05) is 25.4 Å². The average molecular weight is 441 g/mol. The third-order valence-corrected chi connectivity index (χ3v) is 8.15. The van der Waals surface area contributed by atoms with E-state index in [1.54, 1.807) is 16.1 Å². The first-order valence-corrected chi connectivity index (χ1v) is 12.3. The number of hydrogen-bond donors (Lipinski definition) is 1. The Kier molecular flexibility index (Phi) is 5.85. The van der Waals surface area contributed by atoms with Gasteiger partial charge in [0.2, 0.25) is 10.0 Å². The predicted octanol–water partition coefficient (Wildman–Crippen LogP) is 2.15. The monoisotopic (exact) mass is 440 g/mol. The number of nitrogens with zero attached hydrogens (tertiary/aromatic N) is 3. The molecule has 2 N–H and O–H groups in total. The fourth-order valence-corrected chi connectivity index (χ4v) is 5.60. The van der Waals surface area contributed by atoms with Gasteiger partial charge in [0.05, 0.1) is 5.75 Å². The molecular formula is C23H28N4O3S. The van der Waals surface area contributed by atoms with Crippen LogP contribution in [0, 0.1) is 5.92 Å². The molecule has 2 heterocycles. The van der Waals surface area contributed by atoms with Crippen LogP contribution in [-0.2, 0) is 20.4 Å². The van der Waals surface area contributed by atoms with Gasteiger partial charge in [0.25, 0.3) is 5.91 Å². The summed E-state index contributed by atoms with van der Waals surface area (Å²) in [5, 5.41) is 0. The molecule has 1 saturated heterocycles. The maximum Gasteiger partial charge on any atom is 0.266 e. The van der Waals surface area contributed by atoms with Gasteiger partial charge in [-0.05, 0) is 36.8 Å². The van der Waals surface area contributed by atoms with Crippen molar-refractivity contribution in [1.82, 2.24) is 9.21 Å². The second-order valence-electron chi connectivity index (χ2n) is 8.07. The van der Waals surface area contributed by atoms with Crippen molar-refractivity contribution in [3.8, 4) is 0 Å². The van der Waals surface area contributed by atoms with Crippen LogP contribution in [-0.4, -0.2) is 54.9 Å². The maximum absolute atomic E-state index is 13.8. The van der Waals surface area contributed by atoms with Crippen molar-refractivity contribution in [2.24, 2.45) is 16.6 Å². The highest BCUT2D eigenvalue weighted by Crippen LogP contribution is 2.40. The number of nitrogens with two attached hydrogens (primary N) is 1. The van der Waals surface area contributed by atoms with E-state index in [1.165, 1.54) is 0 Å². The minimum atomic E-state index is -3.18. The molecule has 1 fully saturated rings. The smallest absolute Gasteiger partial charge is 0.266 e. The molecular weight excluding hydrogens is 412 g/mol. The molecule has 0 radical (unpaired) electrons. The van der Waals surface area contributed by atoms with Crippen molar-refractivity contribution in [1.29, 1.82) is 0 Å². The van der Waals surface area contributed by atoms with E-state index in [0.717, 1.165) is 11.1 Å². The van der Waals surface area contributed by atoms with Gasteiger partial charge in [-0.3, -0.25) is 9.69 Å². The van der Waals surface area contributed by atoms with Crippen LogP contribution in [0.2, 0.25) is 0 Å². The minimum absolute atomic E-state index is 0.110. The van der Waals surface area contributed by atoms with Gasteiger partial charge >= 0.3 is 0 Å². The summed E-state index contributed by atoms with van der Waals surface area (Å²) in [6.45, 7) is 3.05. The molecule has 31 heavy (non-hydrogen) atoms. The van der Waals surface area contributed by atoms with Gasteiger partial charge in [-0.1, -0.05) is 60.7 Å². The SMILES string of the molecule is CCS(=O)(=O)N1CCC(CN2C(=O)C(c3ccccc3)(c3ccccc3)N=C2N)CC1. The Labute approximate surface area is 183 Å². The first kappa shape index (κ1) is 21.5. The molecule has 0 aliphatic carbocycles. The second kappa shape index (κ2) is 8.43. The molecule has 2 aliphatic rings. The third-order valence-electron chi connectivity index (χ3n) is 6.27. The van der Waals surface area contributed by atoms with Crippen LogP contribution in [0.3, 0.4) is 0 Å². The third kappa shape index (κ3) is 3.85. The zero-order chi connectivity index (χ0) is 22.1. The Morgan fingerprint density at radius 1 is 1.00 bits per heavy atom. The summed E-state index contributed by atoms with van der Waals surface area (Å²) < 4.78 is 25.8. The molecule has 164 valence electrons. The standard InChI is InChI=1S/C23H28N4O3S/c1-2-31(29,30)26-15-13-18(14-16-26)17-27-21(28)23(25-22(27)24,19-9-5-3-6-10-19)20-11-7-4-8-12-20/h3-12,18H,2,13-17H2,1H3,(H2,24,25). The lowest BCUT2D eigenvalue weighted by molar-refractivity contribution is -0.130. The molecule has 8 heteroatoms. The number of sulfonamides is 1. The van der Waals surface area contributed by atoms with Crippen molar-refractivity contribution >= 4 is 21.9 Å². The topological polar surface area (TPSA) is 96.1 Å². The van der Waals surface area contributed by atoms with Gasteiger partial charge < -0.3 is 5.73 Å². The van der Waals surface area contributed by atoms with Crippen molar-refractivity contribution in [3.63, 3.8) is 0 Å². The molecule has 0 atom stereocenters. The van der Waals surface area contributed by atoms with Crippen LogP contribution in [0.1, 0.15) is 30.9 Å². The van der Waals surface area contributed by atoms with E-state index < -0.39 is 15.6 Å². The molecule has 0 saturated carbocycles. The zero-order valence-corrected chi connectivity index (χ0v) is 18.5. The number of amides is 1. The lowest BCUT2D eigenvalue weighted by Crippen LogP contribution is -2.48. The van der Waals surface area contributed by atoms with Crippen LogP contribution in [0.5, 0.6) is 0 Å². The molecule has 1 amide bonds. The molecule has 2 aromatic rings. The van der Waals surface area contributed by atoms with Crippen LogP contribution in [0.4, 0.5) is 0 Å². The first-order chi connectivity index (χ1) is 14.9. The van der Waals surface area contributed by atoms with E-state index in [9.17, 15) is 13.2 Å². The number of hydrogen-bond acceptors (Lipinski definition) is 5.